The number of hydrogen-bond acceptors (Lipinski definition) is 4. The van der Waals surface area contributed by atoms with Crippen molar-refractivity contribution in [3.63, 3.8) is 0 Å². The van der Waals surface area contributed by atoms with Crippen molar-refractivity contribution in [3.05, 3.63) is 23.2 Å². The number of likely N-dealkylation sites (N-methyl/N-ethyl adjacent to an activating group) is 1. The van der Waals surface area contributed by atoms with Crippen molar-refractivity contribution in [2.75, 3.05) is 38.7 Å². The minimum atomic E-state index is 0.260. The molecule has 0 bridgehead atoms. The highest BCUT2D eigenvalue weighted by molar-refractivity contribution is 6.32. The van der Waals surface area contributed by atoms with E-state index in [2.05, 4.69) is 32.8 Å². The maximum Gasteiger partial charge on any atom is 0.222 e. The van der Waals surface area contributed by atoms with Gasteiger partial charge in [-0.05, 0) is 57.0 Å². The highest BCUT2D eigenvalue weighted by Crippen LogP contribution is 2.27. The minimum Gasteiger partial charge on any atom is -0.495 e. The molecule has 0 radical (unpaired) electrons. The van der Waals surface area contributed by atoms with Crippen LogP contribution in [0.3, 0.4) is 0 Å². The van der Waals surface area contributed by atoms with Crippen LogP contribution in [-0.2, 0) is 0 Å². The smallest absolute Gasteiger partial charge is 0.222 e. The number of nitrogens with one attached hydrogen (secondary N) is 3. The van der Waals surface area contributed by atoms with Gasteiger partial charge in [0.2, 0.25) is 11.9 Å². The fourth-order valence-electron chi connectivity index (χ4n) is 4.65. The number of halogens is 1. The fourth-order valence-corrected chi connectivity index (χ4v) is 4.91. The van der Waals surface area contributed by atoms with E-state index in [1.54, 1.807) is 19.2 Å². The van der Waals surface area contributed by atoms with Gasteiger partial charge in [0.1, 0.15) is 5.75 Å². The molecule has 2 aliphatic rings. The minimum absolute atomic E-state index is 0.260. The number of anilines is 1. The average Bonchev–Trinajstić information content (AvgIpc) is 3.11. The van der Waals surface area contributed by atoms with Gasteiger partial charge in [-0.3, -0.25) is 10.2 Å². The number of methoxy groups -OCH3 is 1. The Morgan fingerprint density at radius 2 is 1.97 bits per heavy atom. The zero-order chi connectivity index (χ0) is 23.5. The standard InChI is InChI=1S/C24H40ClN7O/c1-3-32-14-8-11-20(32)16-27-24(29-17-28-18-9-6-4-5-7-10-18)31-23(26)30-19-12-13-22(33-2)21(25)15-19/h12-13,15,18,20,28H,3-11,14,16-17H2,1-2H3,(H4,26,27,29,30,31). The van der Waals surface area contributed by atoms with E-state index in [0.717, 1.165) is 25.3 Å². The summed E-state index contributed by atoms with van der Waals surface area (Å²) < 4.78 is 5.21. The number of benzene rings is 1. The van der Waals surface area contributed by atoms with Crippen LogP contribution in [0.2, 0.25) is 5.02 Å². The predicted molar refractivity (Wildman–Crippen MR) is 138 cm³/mol. The van der Waals surface area contributed by atoms with Gasteiger partial charge in [-0.1, -0.05) is 44.2 Å². The second-order valence-corrected chi connectivity index (χ2v) is 9.22. The summed E-state index contributed by atoms with van der Waals surface area (Å²) in [5.74, 6) is 1.42. The highest BCUT2D eigenvalue weighted by atomic mass is 35.5. The monoisotopic (exact) mass is 477 g/mol. The Balaban J connectivity index is 1.64. The maximum absolute atomic E-state index is 6.23. The van der Waals surface area contributed by atoms with E-state index in [4.69, 9.17) is 27.1 Å². The third kappa shape index (κ3) is 8.36. The topological polar surface area (TPSA) is 99.3 Å². The molecule has 1 aromatic rings. The molecule has 1 aromatic carbocycles. The first-order chi connectivity index (χ1) is 16.1. The molecule has 8 nitrogen and oxygen atoms in total. The largest absolute Gasteiger partial charge is 0.495 e. The Bertz CT molecular complexity index is 793. The fraction of sp³-hybridized carbons (Fsp3) is 0.667. The van der Waals surface area contributed by atoms with E-state index in [1.807, 2.05) is 6.07 Å². The first-order valence-corrected chi connectivity index (χ1v) is 12.7. The van der Waals surface area contributed by atoms with Crippen LogP contribution in [0.4, 0.5) is 5.69 Å². The summed E-state index contributed by atoms with van der Waals surface area (Å²) in [4.78, 5) is 11.8. The number of likely N-dealkylation sites (tertiary alicyclic amines) is 1. The Hall–Kier alpha value is -2.03. The van der Waals surface area contributed by atoms with Crippen LogP contribution >= 0.6 is 11.6 Å². The van der Waals surface area contributed by atoms with Gasteiger partial charge >= 0.3 is 0 Å². The van der Waals surface area contributed by atoms with Crippen LogP contribution in [0.1, 0.15) is 58.3 Å². The summed E-state index contributed by atoms with van der Waals surface area (Å²) in [6.45, 7) is 5.77. The molecule has 1 aliphatic heterocycles. The second-order valence-electron chi connectivity index (χ2n) is 8.81. The van der Waals surface area contributed by atoms with Gasteiger partial charge in [-0.15, -0.1) is 0 Å². The number of nitrogens with zero attached hydrogens (tertiary/aromatic N) is 3. The number of guanidine groups is 2. The first kappa shape index (κ1) is 25.6. The lowest BCUT2D eigenvalue weighted by Crippen LogP contribution is -2.41. The lowest BCUT2D eigenvalue weighted by Gasteiger charge is -2.23. The lowest BCUT2D eigenvalue weighted by molar-refractivity contribution is 0.267. The molecule has 9 heteroatoms. The van der Waals surface area contributed by atoms with Crippen LogP contribution < -0.4 is 26.4 Å². The quantitative estimate of drug-likeness (QED) is 0.258. The van der Waals surface area contributed by atoms with Crippen molar-refractivity contribution in [3.8, 4) is 5.75 Å². The van der Waals surface area contributed by atoms with Crippen LogP contribution in [0, 0.1) is 0 Å². The van der Waals surface area contributed by atoms with Crippen LogP contribution in [0.25, 0.3) is 0 Å². The molecule has 1 aliphatic carbocycles. The molecule has 1 saturated carbocycles. The van der Waals surface area contributed by atoms with Crippen LogP contribution in [0.5, 0.6) is 5.75 Å². The molecular formula is C24H40ClN7O. The normalized spacial score (nSPS) is 21.1. The van der Waals surface area contributed by atoms with Crippen molar-refractivity contribution in [2.45, 2.75) is 70.4 Å². The predicted octanol–water partition coefficient (Wildman–Crippen LogP) is 3.78. The third-order valence-electron chi connectivity index (χ3n) is 6.52. The molecule has 1 saturated heterocycles. The van der Waals surface area contributed by atoms with Gasteiger partial charge in [-0.25, -0.2) is 4.99 Å². The van der Waals surface area contributed by atoms with Crippen molar-refractivity contribution >= 4 is 29.2 Å². The van der Waals surface area contributed by atoms with E-state index in [-0.39, 0.29) is 5.96 Å². The third-order valence-corrected chi connectivity index (χ3v) is 6.81. The van der Waals surface area contributed by atoms with Gasteiger partial charge in [0, 0.05) is 24.3 Å². The number of nitrogens with two attached hydrogens (primary N) is 1. The lowest BCUT2D eigenvalue weighted by atomic mass is 10.1. The molecule has 1 atom stereocenters. The molecular weight excluding hydrogens is 438 g/mol. The zero-order valence-corrected chi connectivity index (χ0v) is 20.8. The Kier molecular flexibility index (Phi) is 10.6. The van der Waals surface area contributed by atoms with Gasteiger partial charge < -0.3 is 21.1 Å². The molecule has 3 rings (SSSR count). The van der Waals surface area contributed by atoms with Crippen molar-refractivity contribution in [1.82, 2.24) is 15.5 Å². The molecule has 0 spiro atoms. The summed E-state index contributed by atoms with van der Waals surface area (Å²) in [6, 6.07) is 6.44. The van der Waals surface area contributed by atoms with Crippen molar-refractivity contribution in [2.24, 2.45) is 15.7 Å². The van der Waals surface area contributed by atoms with Gasteiger partial charge in [-0.2, -0.15) is 4.99 Å². The van der Waals surface area contributed by atoms with Crippen molar-refractivity contribution in [1.29, 1.82) is 0 Å². The van der Waals surface area contributed by atoms with Gasteiger partial charge in [0.25, 0.3) is 0 Å². The summed E-state index contributed by atoms with van der Waals surface area (Å²) in [5.41, 5.74) is 6.95. The molecule has 2 fully saturated rings. The number of ether oxygens (including phenoxy) is 1. The molecule has 0 amide bonds. The van der Waals surface area contributed by atoms with E-state index < -0.39 is 0 Å². The molecule has 5 N–H and O–H groups in total. The average molecular weight is 478 g/mol. The summed E-state index contributed by atoms with van der Waals surface area (Å²) in [6.07, 6.45) is 10.1. The number of aliphatic imine (C=N–C) groups is 2. The second kappa shape index (κ2) is 13.6. The van der Waals surface area contributed by atoms with Crippen LogP contribution in [-0.4, -0.2) is 62.3 Å². The molecule has 0 aromatic heterocycles. The molecule has 33 heavy (non-hydrogen) atoms. The van der Waals surface area contributed by atoms with Gasteiger partial charge in [0.05, 0.1) is 18.8 Å². The van der Waals surface area contributed by atoms with E-state index in [9.17, 15) is 0 Å². The molecule has 1 heterocycles. The first-order valence-electron chi connectivity index (χ1n) is 12.3. The molecule has 1 unspecified atom stereocenters. The maximum atomic E-state index is 6.23. The Labute approximate surface area is 203 Å². The number of rotatable bonds is 8. The van der Waals surface area contributed by atoms with E-state index in [0.29, 0.717) is 35.5 Å². The zero-order valence-electron chi connectivity index (χ0n) is 20.1. The number of hydrogen-bond donors (Lipinski definition) is 4. The Morgan fingerprint density at radius 1 is 1.18 bits per heavy atom. The Morgan fingerprint density at radius 3 is 2.67 bits per heavy atom. The van der Waals surface area contributed by atoms with Gasteiger partial charge in [0.15, 0.2) is 0 Å². The summed E-state index contributed by atoms with van der Waals surface area (Å²) in [5, 5.41) is 10.6. The SMILES string of the molecule is CCN1CCCC1CNC(=N/CNC1CCCCCC1)/N=C(\N)Nc1ccc(OC)c(Cl)c1. The van der Waals surface area contributed by atoms with Crippen LogP contribution in [0.15, 0.2) is 28.2 Å². The van der Waals surface area contributed by atoms with E-state index in [1.165, 1.54) is 51.4 Å². The van der Waals surface area contributed by atoms with E-state index >= 15 is 0 Å². The van der Waals surface area contributed by atoms with Crippen molar-refractivity contribution < 1.29 is 4.74 Å². The molecule has 184 valence electrons. The summed E-state index contributed by atoms with van der Waals surface area (Å²) >= 11 is 6.23. The summed E-state index contributed by atoms with van der Waals surface area (Å²) in [7, 11) is 1.59. The highest BCUT2D eigenvalue weighted by Gasteiger charge is 2.23.